The highest BCUT2D eigenvalue weighted by molar-refractivity contribution is 7.91. The van der Waals surface area contributed by atoms with E-state index < -0.39 is 9.84 Å². The summed E-state index contributed by atoms with van der Waals surface area (Å²) in [5.74, 6) is 0.366. The highest BCUT2D eigenvalue weighted by Crippen LogP contribution is 2.32. The van der Waals surface area contributed by atoms with E-state index in [2.05, 4.69) is 15.4 Å². The molecular weight excluding hydrogens is 376 g/mol. The zero-order chi connectivity index (χ0) is 19.6. The van der Waals surface area contributed by atoms with Gasteiger partial charge in [0, 0.05) is 5.69 Å². The second-order valence-corrected chi connectivity index (χ2v) is 9.01. The number of rotatable bonds is 7. The highest BCUT2D eigenvalue weighted by atomic mass is 32.2. The van der Waals surface area contributed by atoms with Crippen molar-refractivity contribution in [1.29, 1.82) is 0 Å². The number of aromatic nitrogens is 3. The molecule has 2 aromatic carbocycles. The van der Waals surface area contributed by atoms with Crippen molar-refractivity contribution in [3.05, 3.63) is 66.7 Å². The van der Waals surface area contributed by atoms with Crippen LogP contribution in [0, 0.1) is 5.92 Å². The highest BCUT2D eigenvalue weighted by Gasteiger charge is 2.28. The van der Waals surface area contributed by atoms with Gasteiger partial charge in [0.05, 0.1) is 22.8 Å². The first-order valence-corrected chi connectivity index (χ1v) is 10.7. The quantitative estimate of drug-likeness (QED) is 0.663. The van der Waals surface area contributed by atoms with E-state index in [1.807, 2.05) is 12.1 Å². The Hall–Kier alpha value is -3.00. The van der Waals surface area contributed by atoms with Crippen LogP contribution in [0.2, 0.25) is 0 Å². The molecule has 1 amide bonds. The van der Waals surface area contributed by atoms with Crippen molar-refractivity contribution in [3.8, 4) is 5.69 Å². The molecule has 7 nitrogen and oxygen atoms in total. The van der Waals surface area contributed by atoms with Gasteiger partial charge in [-0.3, -0.25) is 4.79 Å². The van der Waals surface area contributed by atoms with Crippen LogP contribution in [0.4, 0.5) is 5.69 Å². The summed E-state index contributed by atoms with van der Waals surface area (Å²) in [5.41, 5.74) is 2.29. The molecule has 144 valence electrons. The summed E-state index contributed by atoms with van der Waals surface area (Å²) in [4.78, 5) is 16.5. The fourth-order valence-corrected chi connectivity index (χ4v) is 4.63. The van der Waals surface area contributed by atoms with E-state index in [1.54, 1.807) is 47.4 Å². The molecule has 0 atom stereocenters. The average molecular weight is 396 g/mol. The van der Waals surface area contributed by atoms with Crippen LogP contribution in [0.15, 0.2) is 66.1 Å². The molecule has 1 aliphatic rings. The van der Waals surface area contributed by atoms with E-state index >= 15 is 0 Å². The van der Waals surface area contributed by atoms with E-state index in [4.69, 9.17) is 0 Å². The Morgan fingerprint density at radius 1 is 1.07 bits per heavy atom. The first-order chi connectivity index (χ1) is 13.5. The maximum Gasteiger partial charge on any atom is 0.228 e. The molecule has 0 radical (unpaired) electrons. The summed E-state index contributed by atoms with van der Waals surface area (Å²) in [6, 6.07) is 13.8. The molecule has 1 aliphatic carbocycles. The molecular formula is C20H20N4O3S. The minimum absolute atomic E-state index is 0.165. The van der Waals surface area contributed by atoms with Crippen molar-refractivity contribution in [1.82, 2.24) is 14.8 Å². The number of hydrogen-bond donors (Lipinski definition) is 1. The van der Waals surface area contributed by atoms with Crippen LogP contribution in [0.3, 0.4) is 0 Å². The molecule has 0 bridgehead atoms. The number of amides is 1. The van der Waals surface area contributed by atoms with Gasteiger partial charge in [0.1, 0.15) is 12.7 Å². The maximum atomic E-state index is 12.3. The second kappa shape index (κ2) is 7.55. The van der Waals surface area contributed by atoms with E-state index in [1.165, 1.54) is 6.33 Å². The van der Waals surface area contributed by atoms with Crippen LogP contribution < -0.4 is 5.32 Å². The summed E-state index contributed by atoms with van der Waals surface area (Å²) < 4.78 is 26.2. The molecule has 0 spiro atoms. The Morgan fingerprint density at radius 3 is 2.39 bits per heavy atom. The standard InChI is InChI=1S/C20H20N4O3S/c25-20(23-17-5-7-18(8-6-17)24-14-21-13-22-24)11-15-3-9-19(10-4-15)28(26,27)12-16-1-2-16/h3-10,13-14,16H,1-2,11-12H2,(H,23,25). The summed E-state index contributed by atoms with van der Waals surface area (Å²) in [7, 11) is -3.23. The van der Waals surface area contributed by atoms with Gasteiger partial charge >= 0.3 is 0 Å². The molecule has 3 aromatic rings. The van der Waals surface area contributed by atoms with Gasteiger partial charge in [0.15, 0.2) is 9.84 Å². The minimum atomic E-state index is -3.23. The van der Waals surface area contributed by atoms with Crippen molar-refractivity contribution in [3.63, 3.8) is 0 Å². The Morgan fingerprint density at radius 2 is 1.79 bits per heavy atom. The van der Waals surface area contributed by atoms with Crippen molar-refractivity contribution < 1.29 is 13.2 Å². The van der Waals surface area contributed by atoms with Gasteiger partial charge in [0.25, 0.3) is 0 Å². The Kier molecular flexibility index (Phi) is 4.95. The lowest BCUT2D eigenvalue weighted by atomic mass is 10.1. The smallest absolute Gasteiger partial charge is 0.228 e. The van der Waals surface area contributed by atoms with E-state index in [0.717, 1.165) is 24.1 Å². The second-order valence-electron chi connectivity index (χ2n) is 6.98. The monoisotopic (exact) mass is 396 g/mol. The van der Waals surface area contributed by atoms with Gasteiger partial charge in [-0.2, -0.15) is 5.10 Å². The van der Waals surface area contributed by atoms with Gasteiger partial charge in [-0.25, -0.2) is 18.1 Å². The third kappa shape index (κ3) is 4.45. The van der Waals surface area contributed by atoms with Crippen LogP contribution >= 0.6 is 0 Å². The number of anilines is 1. The van der Waals surface area contributed by atoms with Crippen molar-refractivity contribution in [2.45, 2.75) is 24.2 Å². The molecule has 1 aromatic heterocycles. The number of benzene rings is 2. The Labute approximate surface area is 163 Å². The lowest BCUT2D eigenvalue weighted by Gasteiger charge is -2.08. The zero-order valence-electron chi connectivity index (χ0n) is 15.2. The van der Waals surface area contributed by atoms with E-state index in [9.17, 15) is 13.2 Å². The summed E-state index contributed by atoms with van der Waals surface area (Å²) >= 11 is 0. The molecule has 0 unspecified atom stereocenters. The molecule has 28 heavy (non-hydrogen) atoms. The number of nitrogens with zero attached hydrogens (tertiary/aromatic N) is 3. The largest absolute Gasteiger partial charge is 0.326 e. The topological polar surface area (TPSA) is 94.0 Å². The third-order valence-corrected chi connectivity index (χ3v) is 6.53. The normalized spacial score (nSPS) is 14.0. The SMILES string of the molecule is O=C(Cc1ccc(S(=O)(=O)CC2CC2)cc1)Nc1ccc(-n2cncn2)cc1. The van der Waals surface area contributed by atoms with Gasteiger partial charge in [0.2, 0.25) is 5.91 Å². The van der Waals surface area contributed by atoms with E-state index in [-0.39, 0.29) is 18.1 Å². The zero-order valence-corrected chi connectivity index (χ0v) is 16.0. The maximum absolute atomic E-state index is 12.3. The van der Waals surface area contributed by atoms with Crippen LogP contribution in [0.5, 0.6) is 0 Å². The lowest BCUT2D eigenvalue weighted by molar-refractivity contribution is -0.115. The summed E-state index contributed by atoms with van der Waals surface area (Å²) in [5, 5.41) is 6.89. The molecule has 4 rings (SSSR count). The first-order valence-electron chi connectivity index (χ1n) is 9.06. The van der Waals surface area contributed by atoms with Gasteiger partial charge in [-0.1, -0.05) is 12.1 Å². The average Bonchev–Trinajstić information content (AvgIpc) is 3.30. The van der Waals surface area contributed by atoms with Crippen molar-refractivity contribution >= 4 is 21.4 Å². The molecule has 1 fully saturated rings. The van der Waals surface area contributed by atoms with Crippen molar-refractivity contribution in [2.24, 2.45) is 5.92 Å². The predicted molar refractivity (Wildman–Crippen MR) is 105 cm³/mol. The van der Waals surface area contributed by atoms with Crippen molar-refractivity contribution in [2.75, 3.05) is 11.1 Å². The minimum Gasteiger partial charge on any atom is -0.326 e. The van der Waals surface area contributed by atoms with Crippen LogP contribution in [-0.4, -0.2) is 34.8 Å². The number of carbonyl (C=O) groups excluding carboxylic acids is 1. The van der Waals surface area contributed by atoms with E-state index in [0.29, 0.717) is 16.5 Å². The van der Waals surface area contributed by atoms with Crippen LogP contribution in [0.25, 0.3) is 5.69 Å². The summed E-state index contributed by atoms with van der Waals surface area (Å²) in [6.45, 7) is 0. The Balaban J connectivity index is 1.35. The van der Waals surface area contributed by atoms with Crippen LogP contribution in [0.1, 0.15) is 18.4 Å². The summed E-state index contributed by atoms with van der Waals surface area (Å²) in [6.07, 6.45) is 5.22. The van der Waals surface area contributed by atoms with Crippen LogP contribution in [-0.2, 0) is 21.1 Å². The molecule has 1 saturated carbocycles. The van der Waals surface area contributed by atoms with Gasteiger partial charge < -0.3 is 5.32 Å². The fourth-order valence-electron chi connectivity index (χ4n) is 2.94. The predicted octanol–water partition coefficient (Wildman–Crippen LogP) is 2.63. The Bertz CT molecular complexity index is 1060. The third-order valence-electron chi connectivity index (χ3n) is 4.63. The molecule has 1 N–H and O–H groups in total. The number of hydrogen-bond acceptors (Lipinski definition) is 5. The number of carbonyl (C=O) groups is 1. The molecule has 8 heteroatoms. The lowest BCUT2D eigenvalue weighted by Crippen LogP contribution is -2.14. The number of nitrogens with one attached hydrogen (secondary N) is 1. The first kappa shape index (κ1) is 18.4. The number of sulfone groups is 1. The fraction of sp³-hybridized carbons (Fsp3) is 0.250. The van der Waals surface area contributed by atoms with Gasteiger partial charge in [-0.15, -0.1) is 0 Å². The van der Waals surface area contributed by atoms with Gasteiger partial charge in [-0.05, 0) is 60.7 Å². The molecule has 0 aliphatic heterocycles. The molecule has 1 heterocycles. The molecule has 0 saturated heterocycles.